The molecule has 13 heteroatoms. The van der Waals surface area contributed by atoms with Crippen LogP contribution in [0.1, 0.15) is 21.5 Å². The van der Waals surface area contributed by atoms with Crippen LogP contribution >= 0.6 is 0 Å². The van der Waals surface area contributed by atoms with Gasteiger partial charge in [-0.05, 0) is 6.07 Å². The van der Waals surface area contributed by atoms with E-state index in [1.165, 1.54) is 18.2 Å². The summed E-state index contributed by atoms with van der Waals surface area (Å²) in [7, 11) is -6.67. The van der Waals surface area contributed by atoms with Crippen molar-refractivity contribution in [2.45, 2.75) is 17.5 Å². The SMILES string of the molecule is O=C(c1ccccc1)C1C=Nc2c(C(F)(F)F)cccc2C1(F)OS(=O)(=O)C(F)(F)F. The summed E-state index contributed by atoms with van der Waals surface area (Å²) in [6.07, 6.45) is -4.80. The number of fused-ring (bicyclic) bond motifs is 1. The van der Waals surface area contributed by atoms with Gasteiger partial charge in [-0.3, -0.25) is 9.79 Å². The molecule has 3 rings (SSSR count). The average Bonchev–Trinajstić information content (AvgIpc) is 2.66. The summed E-state index contributed by atoms with van der Waals surface area (Å²) in [4.78, 5) is 16.1. The molecule has 1 aliphatic rings. The number of aliphatic imine (C=N–C) groups is 1. The standard InChI is InChI=1S/C18H10F7NO4S/c19-16(30-31(28,29)18(23,24)25)11-7-4-8-12(17(20,21)22)14(11)26-9-13(16)15(27)10-5-2-1-3-6-10/h1-9,13H. The highest BCUT2D eigenvalue weighted by atomic mass is 32.2. The third kappa shape index (κ3) is 4.06. The Morgan fingerprint density at radius 2 is 1.58 bits per heavy atom. The Kier molecular flexibility index (Phi) is 5.47. The van der Waals surface area contributed by atoms with E-state index in [1.807, 2.05) is 0 Å². The Labute approximate surface area is 170 Å². The van der Waals surface area contributed by atoms with Crippen LogP contribution in [0.3, 0.4) is 0 Å². The molecule has 0 amide bonds. The number of carbonyl (C=O) groups is 1. The van der Waals surface area contributed by atoms with Crippen molar-refractivity contribution in [1.29, 1.82) is 0 Å². The van der Waals surface area contributed by atoms with E-state index in [2.05, 4.69) is 9.18 Å². The molecule has 1 heterocycles. The first-order valence-corrected chi connectivity index (χ1v) is 9.64. The number of nitrogens with zero attached hydrogens (tertiary/aromatic N) is 1. The Hall–Kier alpha value is -2.80. The van der Waals surface area contributed by atoms with E-state index < -0.39 is 56.2 Å². The summed E-state index contributed by atoms with van der Waals surface area (Å²) in [5.41, 5.74) is -10.4. The Bertz CT molecular complexity index is 1140. The third-order valence-corrected chi connectivity index (χ3v) is 5.35. The lowest BCUT2D eigenvalue weighted by Gasteiger charge is -2.34. The second kappa shape index (κ2) is 7.41. The molecule has 0 spiro atoms. The normalized spacial score (nSPS) is 21.6. The summed E-state index contributed by atoms with van der Waals surface area (Å²) in [6.45, 7) is 0. The van der Waals surface area contributed by atoms with Gasteiger partial charge < -0.3 is 0 Å². The molecular weight excluding hydrogens is 459 g/mol. The zero-order valence-electron chi connectivity index (χ0n) is 14.9. The van der Waals surface area contributed by atoms with Gasteiger partial charge in [0.1, 0.15) is 5.92 Å². The summed E-state index contributed by atoms with van der Waals surface area (Å²) >= 11 is 0. The fraction of sp³-hybridized carbons (Fsp3) is 0.222. The molecule has 1 aliphatic heterocycles. The smallest absolute Gasteiger partial charge is 0.293 e. The number of rotatable bonds is 4. The van der Waals surface area contributed by atoms with Crippen LogP contribution in [0.15, 0.2) is 53.5 Å². The molecule has 2 aromatic rings. The van der Waals surface area contributed by atoms with Gasteiger partial charge in [-0.1, -0.05) is 42.5 Å². The molecular formula is C18H10F7NO4S. The summed E-state index contributed by atoms with van der Waals surface area (Å²) in [5.74, 6) is -7.84. The van der Waals surface area contributed by atoms with Crippen LogP contribution in [-0.2, 0) is 26.3 Å². The van der Waals surface area contributed by atoms with Gasteiger partial charge in [-0.15, -0.1) is 0 Å². The van der Waals surface area contributed by atoms with Gasteiger partial charge in [0.15, 0.2) is 5.78 Å². The molecule has 0 saturated carbocycles. The van der Waals surface area contributed by atoms with E-state index >= 15 is 4.39 Å². The Morgan fingerprint density at radius 1 is 0.968 bits per heavy atom. The van der Waals surface area contributed by atoms with Crippen LogP contribution in [0.2, 0.25) is 0 Å². The van der Waals surface area contributed by atoms with Crippen molar-refractivity contribution in [3.8, 4) is 0 Å². The number of Topliss-reactive ketones (excluding diaryl/α,β-unsaturated/α-hetero) is 1. The molecule has 0 saturated heterocycles. The minimum absolute atomic E-state index is 0.260. The van der Waals surface area contributed by atoms with Crippen LogP contribution < -0.4 is 0 Å². The van der Waals surface area contributed by atoms with Crippen LogP contribution in [0.5, 0.6) is 0 Å². The molecule has 166 valence electrons. The number of alkyl halides is 7. The number of ketones is 1. The topological polar surface area (TPSA) is 72.8 Å². The largest absolute Gasteiger partial charge is 0.523 e. The highest BCUT2D eigenvalue weighted by molar-refractivity contribution is 7.87. The minimum Gasteiger partial charge on any atom is -0.293 e. The monoisotopic (exact) mass is 469 g/mol. The Morgan fingerprint density at radius 3 is 2.13 bits per heavy atom. The van der Waals surface area contributed by atoms with Crippen LogP contribution in [0.4, 0.5) is 36.4 Å². The maximum Gasteiger partial charge on any atom is 0.523 e. The summed E-state index contributed by atoms with van der Waals surface area (Å²) in [6, 6.07) is 8.08. The molecule has 2 atom stereocenters. The highest BCUT2D eigenvalue weighted by Crippen LogP contribution is 2.50. The first kappa shape index (κ1) is 22.9. The van der Waals surface area contributed by atoms with Gasteiger partial charge in [0.25, 0.3) is 5.85 Å². The quantitative estimate of drug-likeness (QED) is 0.276. The molecule has 0 radical (unpaired) electrons. The van der Waals surface area contributed by atoms with Crippen molar-refractivity contribution in [3.63, 3.8) is 0 Å². The first-order chi connectivity index (χ1) is 14.2. The van der Waals surface area contributed by atoms with Crippen molar-refractivity contribution in [1.82, 2.24) is 0 Å². The predicted octanol–water partition coefficient (Wildman–Crippen LogP) is 4.91. The maximum atomic E-state index is 16.0. The lowest BCUT2D eigenvalue weighted by Crippen LogP contribution is -2.45. The molecule has 0 aliphatic carbocycles. The van der Waals surface area contributed by atoms with E-state index in [9.17, 15) is 39.6 Å². The molecule has 5 nitrogen and oxygen atoms in total. The molecule has 31 heavy (non-hydrogen) atoms. The van der Waals surface area contributed by atoms with Crippen LogP contribution in [0.25, 0.3) is 0 Å². The molecule has 0 fully saturated rings. The molecule has 2 unspecified atom stereocenters. The minimum atomic E-state index is -6.67. The second-order valence-corrected chi connectivity index (χ2v) is 7.85. The predicted molar refractivity (Wildman–Crippen MR) is 92.7 cm³/mol. The van der Waals surface area contributed by atoms with E-state index in [-0.39, 0.29) is 5.56 Å². The maximum absolute atomic E-state index is 16.0. The summed E-state index contributed by atoms with van der Waals surface area (Å²) in [5, 5.41) is 0. The van der Waals surface area contributed by atoms with E-state index in [0.29, 0.717) is 24.4 Å². The van der Waals surface area contributed by atoms with Crippen molar-refractivity contribution in [3.05, 3.63) is 65.2 Å². The highest BCUT2D eigenvalue weighted by Gasteiger charge is 2.59. The molecule has 2 aromatic carbocycles. The van der Waals surface area contributed by atoms with E-state index in [0.717, 1.165) is 12.1 Å². The molecule has 0 bridgehead atoms. The van der Waals surface area contributed by atoms with Crippen molar-refractivity contribution < 1.29 is 48.1 Å². The van der Waals surface area contributed by atoms with Crippen LogP contribution in [0, 0.1) is 5.92 Å². The number of halogens is 7. The van der Waals surface area contributed by atoms with Crippen molar-refractivity contribution >= 4 is 27.8 Å². The van der Waals surface area contributed by atoms with Gasteiger partial charge in [-0.25, -0.2) is 8.57 Å². The summed E-state index contributed by atoms with van der Waals surface area (Å²) < 4.78 is 121. The van der Waals surface area contributed by atoms with Gasteiger partial charge in [0, 0.05) is 17.3 Å². The number of benzene rings is 2. The van der Waals surface area contributed by atoms with Gasteiger partial charge in [-0.2, -0.15) is 34.8 Å². The Balaban J connectivity index is 2.25. The lowest BCUT2D eigenvalue weighted by molar-refractivity contribution is -0.137. The number of hydrogen-bond acceptors (Lipinski definition) is 5. The first-order valence-electron chi connectivity index (χ1n) is 8.23. The zero-order valence-corrected chi connectivity index (χ0v) is 15.7. The number of carbonyl (C=O) groups excluding carboxylic acids is 1. The number of hydrogen-bond donors (Lipinski definition) is 0. The van der Waals surface area contributed by atoms with Gasteiger partial charge in [0.2, 0.25) is 0 Å². The number of para-hydroxylation sites is 1. The fourth-order valence-corrected chi connectivity index (χ4v) is 3.53. The van der Waals surface area contributed by atoms with Gasteiger partial charge >= 0.3 is 21.8 Å². The van der Waals surface area contributed by atoms with E-state index in [4.69, 9.17) is 0 Å². The third-order valence-electron chi connectivity index (χ3n) is 4.32. The lowest BCUT2D eigenvalue weighted by atomic mass is 9.84. The van der Waals surface area contributed by atoms with E-state index in [1.54, 1.807) is 0 Å². The molecule has 0 N–H and O–H groups in total. The van der Waals surface area contributed by atoms with Gasteiger partial charge in [0.05, 0.1) is 11.3 Å². The van der Waals surface area contributed by atoms with Crippen molar-refractivity contribution in [2.24, 2.45) is 10.9 Å². The second-order valence-electron chi connectivity index (χ2n) is 6.31. The van der Waals surface area contributed by atoms with Crippen LogP contribution in [-0.4, -0.2) is 25.9 Å². The zero-order chi connectivity index (χ0) is 23.2. The average molecular weight is 469 g/mol. The molecule has 0 aromatic heterocycles. The fourth-order valence-electron chi connectivity index (χ4n) is 2.92. The van der Waals surface area contributed by atoms with Crippen molar-refractivity contribution in [2.75, 3.05) is 0 Å².